The molecular weight excluding hydrogens is 276 g/mol. The zero-order chi connectivity index (χ0) is 15.9. The first-order chi connectivity index (χ1) is 10.6. The van der Waals surface area contributed by atoms with Crippen LogP contribution in [0.25, 0.3) is 0 Å². The molecule has 5 heteroatoms. The second kappa shape index (κ2) is 7.54. The number of ketones is 1. The highest BCUT2D eigenvalue weighted by Crippen LogP contribution is 2.19. The van der Waals surface area contributed by atoms with Gasteiger partial charge in [-0.25, -0.2) is 9.97 Å². The van der Waals surface area contributed by atoms with Crippen molar-refractivity contribution in [3.05, 3.63) is 42.2 Å². The van der Waals surface area contributed by atoms with Crippen LogP contribution in [-0.4, -0.2) is 29.3 Å². The van der Waals surface area contributed by atoms with Crippen molar-refractivity contribution in [3.8, 4) is 0 Å². The second-order valence-electron chi connectivity index (χ2n) is 5.30. The molecule has 5 nitrogen and oxygen atoms in total. The van der Waals surface area contributed by atoms with Gasteiger partial charge in [0.15, 0.2) is 5.78 Å². The van der Waals surface area contributed by atoms with Gasteiger partial charge in [0, 0.05) is 30.9 Å². The number of nitrogens with zero attached hydrogens (tertiary/aromatic N) is 3. The van der Waals surface area contributed by atoms with E-state index in [1.807, 2.05) is 31.3 Å². The Kier molecular flexibility index (Phi) is 5.47. The number of hydrogen-bond donors (Lipinski definition) is 1. The van der Waals surface area contributed by atoms with Gasteiger partial charge in [-0.3, -0.25) is 4.79 Å². The van der Waals surface area contributed by atoms with E-state index in [1.165, 1.54) is 0 Å². The summed E-state index contributed by atoms with van der Waals surface area (Å²) in [5.41, 5.74) is 1.52. The van der Waals surface area contributed by atoms with E-state index in [9.17, 15) is 4.79 Å². The molecule has 0 saturated carbocycles. The van der Waals surface area contributed by atoms with Crippen molar-refractivity contribution in [2.75, 3.05) is 23.8 Å². The molecule has 0 saturated heterocycles. The van der Waals surface area contributed by atoms with E-state index in [0.29, 0.717) is 11.4 Å². The van der Waals surface area contributed by atoms with Crippen molar-refractivity contribution in [2.24, 2.45) is 0 Å². The van der Waals surface area contributed by atoms with Crippen LogP contribution in [0, 0.1) is 0 Å². The molecule has 0 radical (unpaired) electrons. The number of benzene rings is 1. The van der Waals surface area contributed by atoms with Crippen molar-refractivity contribution in [1.29, 1.82) is 0 Å². The Morgan fingerprint density at radius 1 is 1.27 bits per heavy atom. The number of nitrogens with one attached hydrogen (secondary N) is 1. The van der Waals surface area contributed by atoms with Crippen molar-refractivity contribution < 1.29 is 4.79 Å². The van der Waals surface area contributed by atoms with E-state index < -0.39 is 0 Å². The van der Waals surface area contributed by atoms with E-state index in [0.717, 1.165) is 30.9 Å². The van der Waals surface area contributed by atoms with Gasteiger partial charge in [0.1, 0.15) is 18.0 Å². The Hall–Kier alpha value is -2.43. The van der Waals surface area contributed by atoms with Crippen molar-refractivity contribution in [2.45, 2.75) is 26.7 Å². The topological polar surface area (TPSA) is 58.1 Å². The van der Waals surface area contributed by atoms with E-state index in [2.05, 4.69) is 27.1 Å². The lowest BCUT2D eigenvalue weighted by molar-refractivity contribution is 0.101. The molecule has 116 valence electrons. The molecule has 0 atom stereocenters. The molecule has 22 heavy (non-hydrogen) atoms. The first-order valence-corrected chi connectivity index (χ1v) is 7.51. The van der Waals surface area contributed by atoms with Gasteiger partial charge in [0.05, 0.1) is 0 Å². The normalized spacial score (nSPS) is 10.3. The van der Waals surface area contributed by atoms with Crippen LogP contribution < -0.4 is 10.2 Å². The largest absolute Gasteiger partial charge is 0.360 e. The van der Waals surface area contributed by atoms with Crippen LogP contribution in [0.4, 0.5) is 17.3 Å². The standard InChI is InChI=1S/C17H22N4O/c1-4-5-9-21(3)17-11-16(18-12-19-17)20-15-8-6-7-14(10-15)13(2)22/h6-8,10-12H,4-5,9H2,1-3H3,(H,18,19,20). The Labute approximate surface area is 131 Å². The fraction of sp³-hybridized carbons (Fsp3) is 0.353. The Morgan fingerprint density at radius 3 is 2.82 bits per heavy atom. The Morgan fingerprint density at radius 2 is 2.09 bits per heavy atom. The predicted molar refractivity (Wildman–Crippen MR) is 89.9 cm³/mol. The van der Waals surface area contributed by atoms with Gasteiger partial charge in [0.25, 0.3) is 0 Å². The average Bonchev–Trinajstić information content (AvgIpc) is 2.53. The fourth-order valence-electron chi connectivity index (χ4n) is 2.10. The van der Waals surface area contributed by atoms with Crippen molar-refractivity contribution in [1.82, 2.24) is 9.97 Å². The summed E-state index contributed by atoms with van der Waals surface area (Å²) in [5.74, 6) is 1.65. The SMILES string of the molecule is CCCCN(C)c1cc(Nc2cccc(C(C)=O)c2)ncn1. The maximum Gasteiger partial charge on any atom is 0.159 e. The fourth-order valence-corrected chi connectivity index (χ4v) is 2.10. The summed E-state index contributed by atoms with van der Waals surface area (Å²) in [5, 5.41) is 3.22. The number of carbonyl (C=O) groups excluding carboxylic acids is 1. The lowest BCUT2D eigenvalue weighted by Crippen LogP contribution is -2.19. The number of hydrogen-bond acceptors (Lipinski definition) is 5. The highest BCUT2D eigenvalue weighted by Gasteiger charge is 2.05. The molecule has 1 N–H and O–H groups in total. The molecule has 0 bridgehead atoms. The quantitative estimate of drug-likeness (QED) is 0.791. The molecule has 0 aliphatic carbocycles. The average molecular weight is 298 g/mol. The van der Waals surface area contributed by atoms with Gasteiger partial charge < -0.3 is 10.2 Å². The monoisotopic (exact) mass is 298 g/mol. The summed E-state index contributed by atoms with van der Waals surface area (Å²) in [6.07, 6.45) is 3.83. The van der Waals surface area contributed by atoms with Crippen LogP contribution in [0.15, 0.2) is 36.7 Å². The lowest BCUT2D eigenvalue weighted by atomic mass is 10.1. The van der Waals surface area contributed by atoms with Crippen LogP contribution in [0.5, 0.6) is 0 Å². The number of aromatic nitrogens is 2. The minimum atomic E-state index is 0.0475. The number of carbonyl (C=O) groups is 1. The zero-order valence-electron chi connectivity index (χ0n) is 13.3. The molecule has 1 heterocycles. The molecule has 2 rings (SSSR count). The summed E-state index contributed by atoms with van der Waals surface area (Å²) < 4.78 is 0. The maximum absolute atomic E-state index is 11.4. The van der Waals surface area contributed by atoms with Crippen LogP contribution >= 0.6 is 0 Å². The molecule has 0 amide bonds. The number of unbranched alkanes of at least 4 members (excludes halogenated alkanes) is 1. The number of rotatable bonds is 7. The highest BCUT2D eigenvalue weighted by molar-refractivity contribution is 5.95. The summed E-state index contributed by atoms with van der Waals surface area (Å²) in [4.78, 5) is 22.1. The predicted octanol–water partition coefficient (Wildman–Crippen LogP) is 3.66. The Balaban J connectivity index is 2.13. The van der Waals surface area contributed by atoms with Gasteiger partial charge in [-0.15, -0.1) is 0 Å². The van der Waals surface area contributed by atoms with E-state index in [-0.39, 0.29) is 5.78 Å². The zero-order valence-corrected chi connectivity index (χ0v) is 13.3. The van der Waals surface area contributed by atoms with Gasteiger partial charge in [-0.2, -0.15) is 0 Å². The van der Waals surface area contributed by atoms with Crippen molar-refractivity contribution >= 4 is 23.1 Å². The minimum Gasteiger partial charge on any atom is -0.360 e. The van der Waals surface area contributed by atoms with Gasteiger partial charge in [-0.1, -0.05) is 25.5 Å². The van der Waals surface area contributed by atoms with Gasteiger partial charge in [0.2, 0.25) is 0 Å². The molecule has 1 aromatic heterocycles. The van der Waals surface area contributed by atoms with Crippen molar-refractivity contribution in [3.63, 3.8) is 0 Å². The number of Topliss-reactive ketones (excluding diaryl/α,β-unsaturated/α-hetero) is 1. The summed E-state index contributed by atoms with van der Waals surface area (Å²) in [6, 6.07) is 9.31. The molecule has 0 aliphatic heterocycles. The third kappa shape index (κ3) is 4.28. The first kappa shape index (κ1) is 15.9. The van der Waals surface area contributed by atoms with Gasteiger partial charge >= 0.3 is 0 Å². The van der Waals surface area contributed by atoms with Crippen LogP contribution in [0.2, 0.25) is 0 Å². The molecule has 0 aliphatic rings. The second-order valence-corrected chi connectivity index (χ2v) is 5.30. The van der Waals surface area contributed by atoms with Crippen LogP contribution in [-0.2, 0) is 0 Å². The third-order valence-corrected chi connectivity index (χ3v) is 3.43. The summed E-state index contributed by atoms with van der Waals surface area (Å²) >= 11 is 0. The summed E-state index contributed by atoms with van der Waals surface area (Å²) in [6.45, 7) is 4.69. The summed E-state index contributed by atoms with van der Waals surface area (Å²) in [7, 11) is 2.03. The van der Waals surface area contributed by atoms with Crippen LogP contribution in [0.1, 0.15) is 37.0 Å². The van der Waals surface area contributed by atoms with E-state index >= 15 is 0 Å². The lowest BCUT2D eigenvalue weighted by Gasteiger charge is -2.18. The van der Waals surface area contributed by atoms with E-state index in [1.54, 1.807) is 19.3 Å². The third-order valence-electron chi connectivity index (χ3n) is 3.43. The molecular formula is C17H22N4O. The minimum absolute atomic E-state index is 0.0475. The first-order valence-electron chi connectivity index (χ1n) is 7.51. The molecule has 2 aromatic rings. The molecule has 0 fully saturated rings. The van der Waals surface area contributed by atoms with E-state index in [4.69, 9.17) is 0 Å². The molecule has 0 spiro atoms. The van der Waals surface area contributed by atoms with Crippen LogP contribution in [0.3, 0.4) is 0 Å². The smallest absolute Gasteiger partial charge is 0.159 e. The molecule has 0 unspecified atom stereocenters. The Bertz CT molecular complexity index is 642. The number of anilines is 3. The maximum atomic E-state index is 11.4. The van der Waals surface area contributed by atoms with Gasteiger partial charge in [-0.05, 0) is 25.5 Å². The molecule has 1 aromatic carbocycles. The highest BCUT2D eigenvalue weighted by atomic mass is 16.1.